The number of carbonyl (C=O) groups is 3. The van der Waals surface area contributed by atoms with E-state index in [1.807, 2.05) is 0 Å². The zero-order valence-corrected chi connectivity index (χ0v) is 17.9. The molecule has 11 nitrogen and oxygen atoms in total. The number of primary amides is 1. The fourth-order valence-corrected chi connectivity index (χ4v) is 3.43. The molecule has 1 fully saturated rings. The largest absolute Gasteiger partial charge is 0.463 e. The van der Waals surface area contributed by atoms with E-state index in [1.54, 1.807) is 6.92 Å². The molecule has 0 saturated carbocycles. The summed E-state index contributed by atoms with van der Waals surface area (Å²) in [6.45, 7) is 1.61. The highest BCUT2D eigenvalue weighted by molar-refractivity contribution is 5.98. The maximum Gasteiger partial charge on any atom is 0.410 e. The Labute approximate surface area is 188 Å². The third kappa shape index (κ3) is 5.76. The number of ether oxygens (including phenoxy) is 2. The Morgan fingerprint density at radius 2 is 2.03 bits per heavy atom. The van der Waals surface area contributed by atoms with Crippen molar-refractivity contribution in [1.82, 2.24) is 14.7 Å². The summed E-state index contributed by atoms with van der Waals surface area (Å²) in [5.41, 5.74) is 6.03. The van der Waals surface area contributed by atoms with Crippen molar-refractivity contribution < 1.29 is 28.2 Å². The lowest BCUT2D eigenvalue weighted by Crippen LogP contribution is -2.45. The van der Waals surface area contributed by atoms with Crippen molar-refractivity contribution in [2.24, 2.45) is 11.7 Å². The monoisotopic (exact) mass is 458 g/mol. The molecule has 2 atom stereocenters. The van der Waals surface area contributed by atoms with Crippen LogP contribution in [-0.4, -0.2) is 59.0 Å². The molecule has 1 aliphatic heterocycles. The molecule has 2 amide bonds. The molecule has 0 bridgehead atoms. The molecule has 33 heavy (non-hydrogen) atoms. The average molecular weight is 458 g/mol. The Kier molecular flexibility index (Phi) is 7.45. The van der Waals surface area contributed by atoms with Crippen LogP contribution in [0, 0.1) is 23.1 Å². The fourth-order valence-electron chi connectivity index (χ4n) is 3.43. The second kappa shape index (κ2) is 10.4. The van der Waals surface area contributed by atoms with Crippen LogP contribution in [0.25, 0.3) is 0 Å². The first-order valence-corrected chi connectivity index (χ1v) is 10.2. The molecule has 2 heterocycles. The van der Waals surface area contributed by atoms with Gasteiger partial charge in [-0.05, 0) is 37.6 Å². The molecule has 0 radical (unpaired) electrons. The number of carbonyl (C=O) groups excluding carboxylic acids is 3. The Hall–Kier alpha value is -4.14. The van der Waals surface area contributed by atoms with Crippen LogP contribution in [0.5, 0.6) is 0 Å². The highest BCUT2D eigenvalue weighted by Crippen LogP contribution is 2.30. The number of piperidine rings is 1. The minimum Gasteiger partial charge on any atom is -0.463 e. The minimum absolute atomic E-state index is 0.0652. The number of benzene rings is 1. The number of aromatic nitrogens is 2. The Morgan fingerprint density at radius 1 is 1.30 bits per heavy atom. The van der Waals surface area contributed by atoms with Gasteiger partial charge in [0.05, 0.1) is 24.6 Å². The number of nitriles is 1. The van der Waals surface area contributed by atoms with Gasteiger partial charge in [0.15, 0.2) is 12.4 Å². The maximum atomic E-state index is 13.2. The lowest BCUT2D eigenvalue weighted by atomic mass is 9.93. The van der Waals surface area contributed by atoms with E-state index >= 15 is 0 Å². The van der Waals surface area contributed by atoms with Gasteiger partial charge in [-0.1, -0.05) is 0 Å². The Morgan fingerprint density at radius 3 is 2.67 bits per heavy atom. The van der Waals surface area contributed by atoms with Crippen LogP contribution in [0.15, 0.2) is 30.5 Å². The number of nitrogens with zero attached hydrogens (tertiary/aromatic N) is 4. The van der Waals surface area contributed by atoms with Crippen molar-refractivity contribution in [1.29, 1.82) is 5.26 Å². The van der Waals surface area contributed by atoms with Crippen LogP contribution < -0.4 is 11.1 Å². The summed E-state index contributed by atoms with van der Waals surface area (Å²) in [4.78, 5) is 37.2. The minimum atomic E-state index is -0.749. The second-order valence-corrected chi connectivity index (χ2v) is 7.26. The van der Waals surface area contributed by atoms with Crippen molar-refractivity contribution >= 4 is 29.5 Å². The maximum absolute atomic E-state index is 13.2. The van der Waals surface area contributed by atoms with Gasteiger partial charge in [-0.2, -0.15) is 10.4 Å². The van der Waals surface area contributed by atoms with Crippen LogP contribution in [0.3, 0.4) is 0 Å². The molecule has 2 aromatic rings. The summed E-state index contributed by atoms with van der Waals surface area (Å²) in [5.74, 6) is -2.20. The van der Waals surface area contributed by atoms with Gasteiger partial charge in [-0.25, -0.2) is 14.0 Å². The van der Waals surface area contributed by atoms with E-state index in [4.69, 9.17) is 15.2 Å². The van der Waals surface area contributed by atoms with Gasteiger partial charge in [-0.15, -0.1) is 0 Å². The lowest BCUT2D eigenvalue weighted by molar-refractivity contribution is -0.146. The molecule has 174 valence electrons. The third-order valence-corrected chi connectivity index (χ3v) is 5.07. The molecular weight excluding hydrogens is 435 g/mol. The first-order chi connectivity index (χ1) is 15.8. The number of halogens is 1. The Balaban J connectivity index is 1.79. The summed E-state index contributed by atoms with van der Waals surface area (Å²) in [6.07, 6.45) is 1.01. The molecule has 0 unspecified atom stereocenters. The first kappa shape index (κ1) is 23.5. The molecule has 0 aliphatic carbocycles. The summed E-state index contributed by atoms with van der Waals surface area (Å²) in [6, 6.07) is 7.04. The van der Waals surface area contributed by atoms with Gasteiger partial charge in [0.2, 0.25) is 0 Å². The van der Waals surface area contributed by atoms with E-state index < -0.39 is 42.4 Å². The van der Waals surface area contributed by atoms with E-state index in [2.05, 4.69) is 16.5 Å². The van der Waals surface area contributed by atoms with Crippen molar-refractivity contribution in [2.45, 2.75) is 19.4 Å². The zero-order valence-electron chi connectivity index (χ0n) is 17.9. The van der Waals surface area contributed by atoms with E-state index in [0.717, 1.165) is 0 Å². The Bertz CT molecular complexity index is 1060. The van der Waals surface area contributed by atoms with Crippen LogP contribution in [0.4, 0.5) is 20.7 Å². The number of rotatable bonds is 7. The molecular formula is C21H23FN6O5. The smallest absolute Gasteiger partial charge is 0.410 e. The average Bonchev–Trinajstić information content (AvgIpc) is 3.22. The molecule has 12 heteroatoms. The van der Waals surface area contributed by atoms with Crippen molar-refractivity contribution in [3.8, 4) is 6.07 Å². The number of nitrogens with two attached hydrogens (primary N) is 1. The molecule has 3 N–H and O–H groups in total. The molecule has 1 saturated heterocycles. The van der Waals surface area contributed by atoms with E-state index in [9.17, 15) is 24.0 Å². The predicted octanol–water partition coefficient (Wildman–Crippen LogP) is 1.95. The van der Waals surface area contributed by atoms with Gasteiger partial charge >= 0.3 is 12.1 Å². The third-order valence-electron chi connectivity index (χ3n) is 5.07. The summed E-state index contributed by atoms with van der Waals surface area (Å²) >= 11 is 0. The van der Waals surface area contributed by atoms with Crippen molar-refractivity contribution in [2.75, 3.05) is 31.6 Å². The van der Waals surface area contributed by atoms with Gasteiger partial charge in [0, 0.05) is 25.0 Å². The van der Waals surface area contributed by atoms with Gasteiger partial charge in [0.25, 0.3) is 5.91 Å². The van der Waals surface area contributed by atoms with Crippen LogP contribution >= 0.6 is 0 Å². The number of anilines is 2. The number of nitrogens with one attached hydrogen (secondary N) is 1. The molecule has 1 aliphatic rings. The molecule has 3 rings (SSSR count). The highest BCUT2D eigenvalue weighted by Gasteiger charge is 2.35. The van der Waals surface area contributed by atoms with Crippen molar-refractivity contribution in [3.05, 3.63) is 41.8 Å². The fraction of sp³-hybridized carbons (Fsp3) is 0.381. The van der Waals surface area contributed by atoms with Gasteiger partial charge in [0.1, 0.15) is 11.4 Å². The highest BCUT2D eigenvalue weighted by atomic mass is 19.1. The number of hydrogen-bond acceptors (Lipinski definition) is 8. The van der Waals surface area contributed by atoms with Crippen LogP contribution in [0.2, 0.25) is 0 Å². The number of esters is 1. The van der Waals surface area contributed by atoms with Crippen LogP contribution in [-0.2, 0) is 14.3 Å². The molecule has 1 aromatic heterocycles. The first-order valence-electron chi connectivity index (χ1n) is 10.2. The summed E-state index contributed by atoms with van der Waals surface area (Å²) in [7, 11) is 0. The summed E-state index contributed by atoms with van der Waals surface area (Å²) in [5, 5.41) is 16.9. The lowest BCUT2D eigenvalue weighted by Gasteiger charge is -2.34. The second-order valence-electron chi connectivity index (χ2n) is 7.26. The SMILES string of the molecule is CCOC(=O)COC(=O)N1CC[C@@H](C#N)[C@H](n2cc(C(N)=O)c(Nc3ccc(F)cc3)n2)C1. The normalized spacial score (nSPS) is 17.7. The van der Waals surface area contributed by atoms with Crippen molar-refractivity contribution in [3.63, 3.8) is 0 Å². The quantitative estimate of drug-likeness (QED) is 0.597. The number of likely N-dealkylation sites (tertiary alicyclic amines) is 1. The van der Waals surface area contributed by atoms with Gasteiger partial charge < -0.3 is 25.4 Å². The van der Waals surface area contributed by atoms with Gasteiger partial charge in [-0.3, -0.25) is 9.48 Å². The van der Waals surface area contributed by atoms with Crippen LogP contribution in [0.1, 0.15) is 29.7 Å². The standard InChI is InChI=1S/C21H23FN6O5/c1-2-32-18(29)12-33-21(31)27-8-7-13(9-23)17(11-27)28-10-16(19(24)30)20(26-28)25-15-5-3-14(22)4-6-15/h3-6,10,13,17H,2,7-8,11-12H2,1H3,(H2,24,30)(H,25,26)/t13-,17+/m0/s1. The molecule has 0 spiro atoms. The number of amides is 2. The van der Waals surface area contributed by atoms with E-state index in [1.165, 1.54) is 40.0 Å². The zero-order chi connectivity index (χ0) is 24.0. The van der Waals surface area contributed by atoms with E-state index in [-0.39, 0.29) is 31.1 Å². The molecule has 1 aromatic carbocycles. The predicted molar refractivity (Wildman–Crippen MR) is 113 cm³/mol. The number of hydrogen-bond donors (Lipinski definition) is 2. The van der Waals surface area contributed by atoms with E-state index in [0.29, 0.717) is 12.1 Å². The summed E-state index contributed by atoms with van der Waals surface area (Å²) < 4.78 is 24.3. The topological polar surface area (TPSA) is 153 Å².